The number of rotatable bonds is 5. The molecule has 2 heterocycles. The fourth-order valence-corrected chi connectivity index (χ4v) is 3.85. The molecular formula is C15H24N2O2S. The van der Waals surface area contributed by atoms with Gasteiger partial charge in [-0.3, -0.25) is 0 Å². The van der Waals surface area contributed by atoms with Crippen LogP contribution in [0.2, 0.25) is 0 Å². The van der Waals surface area contributed by atoms with Crippen LogP contribution >= 0.6 is 11.3 Å². The Hall–Kier alpha value is -1.07. The third-order valence-corrected chi connectivity index (χ3v) is 5.37. The summed E-state index contributed by atoms with van der Waals surface area (Å²) >= 11 is 1.67. The first-order chi connectivity index (χ1) is 9.66. The zero-order chi connectivity index (χ0) is 14.6. The van der Waals surface area contributed by atoms with Crippen LogP contribution in [0, 0.1) is 0 Å². The molecule has 0 unspecified atom stereocenters. The largest absolute Gasteiger partial charge is 0.394 e. The van der Waals surface area contributed by atoms with E-state index in [1.807, 2.05) is 23.3 Å². The summed E-state index contributed by atoms with van der Waals surface area (Å²) in [7, 11) is 0. The summed E-state index contributed by atoms with van der Waals surface area (Å²) in [6.45, 7) is 4.90. The molecule has 0 aliphatic carbocycles. The Labute approximate surface area is 124 Å². The number of carbonyl (C=O) groups is 1. The lowest BCUT2D eigenvalue weighted by molar-refractivity contribution is 0.0796. The molecule has 0 saturated carbocycles. The van der Waals surface area contributed by atoms with Crippen LogP contribution < -0.4 is 5.32 Å². The predicted octanol–water partition coefficient (Wildman–Crippen LogP) is 3.15. The highest BCUT2D eigenvalue weighted by atomic mass is 32.1. The van der Waals surface area contributed by atoms with Crippen LogP contribution in [0.1, 0.15) is 50.4 Å². The van der Waals surface area contributed by atoms with E-state index in [4.69, 9.17) is 0 Å². The number of nitrogens with one attached hydrogen (secondary N) is 1. The number of hydrogen-bond acceptors (Lipinski definition) is 3. The molecule has 112 valence electrons. The molecule has 1 aliphatic heterocycles. The van der Waals surface area contributed by atoms with Crippen LogP contribution in [0.3, 0.4) is 0 Å². The Bertz CT molecular complexity index is 429. The van der Waals surface area contributed by atoms with Crippen molar-refractivity contribution in [2.24, 2.45) is 0 Å². The second-order valence-corrected chi connectivity index (χ2v) is 6.40. The maximum atomic E-state index is 12.6. The van der Waals surface area contributed by atoms with E-state index in [0.717, 1.165) is 32.2 Å². The molecule has 0 spiro atoms. The van der Waals surface area contributed by atoms with Crippen molar-refractivity contribution in [3.8, 4) is 0 Å². The Morgan fingerprint density at radius 1 is 1.60 bits per heavy atom. The zero-order valence-electron chi connectivity index (χ0n) is 12.3. The van der Waals surface area contributed by atoms with Crippen molar-refractivity contribution in [1.82, 2.24) is 10.2 Å². The van der Waals surface area contributed by atoms with E-state index in [9.17, 15) is 9.90 Å². The van der Waals surface area contributed by atoms with Gasteiger partial charge in [-0.15, -0.1) is 11.3 Å². The fourth-order valence-electron chi connectivity index (χ4n) is 2.99. The van der Waals surface area contributed by atoms with Crippen molar-refractivity contribution in [2.75, 3.05) is 13.2 Å². The molecule has 1 saturated heterocycles. The van der Waals surface area contributed by atoms with Crippen LogP contribution in [0.5, 0.6) is 0 Å². The molecule has 20 heavy (non-hydrogen) atoms. The van der Waals surface area contributed by atoms with Crippen LogP contribution in [0.15, 0.2) is 17.5 Å². The maximum absolute atomic E-state index is 12.6. The van der Waals surface area contributed by atoms with Crippen molar-refractivity contribution < 1.29 is 9.90 Å². The van der Waals surface area contributed by atoms with Crippen LogP contribution in [-0.2, 0) is 0 Å². The number of aliphatic hydroxyl groups excluding tert-OH is 1. The normalized spacial score (nSPS) is 23.9. The lowest BCUT2D eigenvalue weighted by atomic mass is 9.94. The van der Waals surface area contributed by atoms with E-state index in [2.05, 4.69) is 18.3 Å². The van der Waals surface area contributed by atoms with Gasteiger partial charge in [0.05, 0.1) is 18.2 Å². The average molecular weight is 296 g/mol. The van der Waals surface area contributed by atoms with Gasteiger partial charge in [0.15, 0.2) is 0 Å². The number of amides is 2. The summed E-state index contributed by atoms with van der Waals surface area (Å²) < 4.78 is 0. The molecule has 2 amide bonds. The van der Waals surface area contributed by atoms with Gasteiger partial charge >= 0.3 is 6.03 Å². The highest BCUT2D eigenvalue weighted by molar-refractivity contribution is 7.10. The second-order valence-electron chi connectivity index (χ2n) is 5.42. The van der Waals surface area contributed by atoms with Crippen molar-refractivity contribution >= 4 is 17.4 Å². The average Bonchev–Trinajstić information content (AvgIpc) is 3.13. The van der Waals surface area contributed by atoms with Gasteiger partial charge < -0.3 is 15.3 Å². The first kappa shape index (κ1) is 15.3. The van der Waals surface area contributed by atoms with E-state index >= 15 is 0 Å². The number of thiophene rings is 1. The van der Waals surface area contributed by atoms with Gasteiger partial charge in [-0.05, 0) is 37.1 Å². The number of nitrogens with zero attached hydrogens (tertiary/aromatic N) is 1. The number of carbonyl (C=O) groups excluding carboxylic acids is 1. The summed E-state index contributed by atoms with van der Waals surface area (Å²) in [5, 5.41) is 14.8. The van der Waals surface area contributed by atoms with Crippen molar-refractivity contribution in [2.45, 2.75) is 51.1 Å². The summed E-state index contributed by atoms with van der Waals surface area (Å²) in [4.78, 5) is 15.6. The Morgan fingerprint density at radius 3 is 2.95 bits per heavy atom. The van der Waals surface area contributed by atoms with Crippen LogP contribution in [0.4, 0.5) is 4.79 Å². The second kappa shape index (κ2) is 6.59. The summed E-state index contributed by atoms with van der Waals surface area (Å²) in [6.07, 6.45) is 3.53. The van der Waals surface area contributed by atoms with E-state index in [1.165, 1.54) is 4.88 Å². The van der Waals surface area contributed by atoms with Gasteiger partial charge in [-0.25, -0.2) is 4.79 Å². The zero-order valence-corrected chi connectivity index (χ0v) is 13.1. The van der Waals surface area contributed by atoms with Crippen molar-refractivity contribution in [1.29, 1.82) is 0 Å². The minimum Gasteiger partial charge on any atom is -0.394 e. The minimum absolute atomic E-state index is 0.0429. The molecule has 0 radical (unpaired) electrons. The minimum atomic E-state index is -0.363. The Kier molecular flexibility index (Phi) is 5.05. The molecule has 5 heteroatoms. The molecule has 2 rings (SSSR count). The highest BCUT2D eigenvalue weighted by Gasteiger charge is 2.42. The molecule has 1 aromatic rings. The molecular weight excluding hydrogens is 272 g/mol. The third-order valence-electron chi connectivity index (χ3n) is 4.39. The molecule has 0 aromatic carbocycles. The lowest BCUT2D eigenvalue weighted by Gasteiger charge is -2.37. The predicted molar refractivity (Wildman–Crippen MR) is 81.9 cm³/mol. The molecule has 1 aliphatic rings. The number of hydrogen-bond donors (Lipinski definition) is 2. The van der Waals surface area contributed by atoms with Gasteiger partial charge in [0.1, 0.15) is 0 Å². The number of urea groups is 1. The van der Waals surface area contributed by atoms with Crippen molar-refractivity contribution in [3.63, 3.8) is 0 Å². The first-order valence-electron chi connectivity index (χ1n) is 7.39. The Balaban J connectivity index is 2.07. The van der Waals surface area contributed by atoms with Crippen LogP contribution in [0.25, 0.3) is 0 Å². The fraction of sp³-hybridized carbons (Fsp3) is 0.667. The highest BCUT2D eigenvalue weighted by Crippen LogP contribution is 2.32. The molecule has 1 aromatic heterocycles. The monoisotopic (exact) mass is 296 g/mol. The number of likely N-dealkylation sites (tertiary alicyclic amines) is 1. The van der Waals surface area contributed by atoms with Gasteiger partial charge in [-0.2, -0.15) is 0 Å². The van der Waals surface area contributed by atoms with E-state index in [-0.39, 0.29) is 24.2 Å². The van der Waals surface area contributed by atoms with E-state index < -0.39 is 0 Å². The van der Waals surface area contributed by atoms with E-state index in [0.29, 0.717) is 0 Å². The Morgan fingerprint density at radius 2 is 2.40 bits per heavy atom. The number of aliphatic hydroxyl groups is 1. The van der Waals surface area contributed by atoms with Gasteiger partial charge in [-0.1, -0.05) is 19.9 Å². The molecule has 0 bridgehead atoms. The standard InChI is InChI=1S/C15H24N2O2S/c1-3-12(13-7-5-10-20-13)16-14(19)17-9-6-8-15(17,4-2)11-18/h5,7,10,12,18H,3-4,6,8-9,11H2,1-2H3,(H,16,19)/t12-,15+/m1/s1. The van der Waals surface area contributed by atoms with E-state index in [1.54, 1.807) is 11.3 Å². The van der Waals surface area contributed by atoms with Gasteiger partial charge in [0.2, 0.25) is 0 Å². The van der Waals surface area contributed by atoms with Crippen LogP contribution in [-0.4, -0.2) is 34.7 Å². The summed E-state index contributed by atoms with van der Waals surface area (Å²) in [5.41, 5.74) is -0.363. The summed E-state index contributed by atoms with van der Waals surface area (Å²) in [5.74, 6) is 0. The maximum Gasteiger partial charge on any atom is 0.318 e. The molecule has 2 atom stereocenters. The molecule has 4 nitrogen and oxygen atoms in total. The van der Waals surface area contributed by atoms with Gasteiger partial charge in [0, 0.05) is 11.4 Å². The first-order valence-corrected chi connectivity index (χ1v) is 8.27. The van der Waals surface area contributed by atoms with Crippen molar-refractivity contribution in [3.05, 3.63) is 22.4 Å². The third kappa shape index (κ3) is 2.83. The summed E-state index contributed by atoms with van der Waals surface area (Å²) in [6, 6.07) is 4.09. The molecule has 2 N–H and O–H groups in total. The smallest absolute Gasteiger partial charge is 0.318 e. The quantitative estimate of drug-likeness (QED) is 0.877. The van der Waals surface area contributed by atoms with Gasteiger partial charge in [0.25, 0.3) is 0 Å². The topological polar surface area (TPSA) is 52.6 Å². The SMILES string of the molecule is CC[C@@H](NC(=O)N1CCC[C@@]1(CC)CO)c1cccs1. The lowest BCUT2D eigenvalue weighted by Crippen LogP contribution is -2.53. The molecule has 1 fully saturated rings.